The molecule has 4 rings (SSSR count). The van der Waals surface area contributed by atoms with Crippen molar-refractivity contribution in [1.29, 1.82) is 0 Å². The fourth-order valence-corrected chi connectivity index (χ4v) is 3.87. The van der Waals surface area contributed by atoms with Crippen LogP contribution in [0, 0.1) is 5.82 Å². The molecule has 0 atom stereocenters. The largest absolute Gasteiger partial charge is 0.493 e. The summed E-state index contributed by atoms with van der Waals surface area (Å²) in [7, 11) is 0. The third-order valence-corrected chi connectivity index (χ3v) is 5.61. The molecule has 0 unspecified atom stereocenters. The molecule has 0 radical (unpaired) electrons. The van der Waals surface area contributed by atoms with Gasteiger partial charge in [-0.15, -0.1) is 0 Å². The van der Waals surface area contributed by atoms with Gasteiger partial charge in [0, 0.05) is 45.6 Å². The fourth-order valence-electron chi connectivity index (χ4n) is 3.87. The van der Waals surface area contributed by atoms with E-state index in [-0.39, 0.29) is 11.7 Å². The highest BCUT2D eigenvalue weighted by atomic mass is 19.1. The van der Waals surface area contributed by atoms with E-state index in [1.807, 2.05) is 11.0 Å². The van der Waals surface area contributed by atoms with Crippen molar-refractivity contribution in [2.24, 2.45) is 0 Å². The third-order valence-electron chi connectivity index (χ3n) is 5.61. The number of aryl methyl sites for hydroxylation is 1. The minimum atomic E-state index is -0.334. The van der Waals surface area contributed by atoms with Crippen molar-refractivity contribution in [1.82, 2.24) is 9.80 Å². The van der Waals surface area contributed by atoms with E-state index in [0.717, 1.165) is 57.9 Å². The Morgan fingerprint density at radius 2 is 1.93 bits per heavy atom. The smallest absolute Gasteiger partial charge is 0.222 e. The Labute approximate surface area is 171 Å². The van der Waals surface area contributed by atoms with Gasteiger partial charge in [-0.25, -0.2) is 4.39 Å². The van der Waals surface area contributed by atoms with Gasteiger partial charge < -0.3 is 14.4 Å². The number of fused-ring (bicyclic) bond motifs is 1. The number of rotatable bonds is 7. The number of para-hydroxylation sites is 1. The van der Waals surface area contributed by atoms with Crippen molar-refractivity contribution in [3.63, 3.8) is 0 Å². The van der Waals surface area contributed by atoms with E-state index in [9.17, 15) is 9.18 Å². The number of halogens is 1. The Morgan fingerprint density at radius 3 is 2.76 bits per heavy atom. The van der Waals surface area contributed by atoms with Gasteiger partial charge in [0.05, 0.1) is 6.61 Å². The highest BCUT2D eigenvalue weighted by molar-refractivity contribution is 5.76. The van der Waals surface area contributed by atoms with Crippen LogP contribution in [0.4, 0.5) is 4.39 Å². The molecule has 0 aliphatic carbocycles. The first-order chi connectivity index (χ1) is 14.2. The summed E-state index contributed by atoms with van der Waals surface area (Å²) in [4.78, 5) is 16.8. The molecule has 1 amide bonds. The van der Waals surface area contributed by atoms with Crippen molar-refractivity contribution in [2.75, 3.05) is 45.9 Å². The highest BCUT2D eigenvalue weighted by Gasteiger charge is 2.21. The molecule has 1 saturated heterocycles. The molecule has 5 nitrogen and oxygen atoms in total. The summed E-state index contributed by atoms with van der Waals surface area (Å²) >= 11 is 0. The first-order valence-corrected chi connectivity index (χ1v) is 10.3. The average Bonchev–Trinajstić information content (AvgIpc) is 3.22. The second kappa shape index (κ2) is 9.27. The maximum Gasteiger partial charge on any atom is 0.222 e. The molecule has 0 bridgehead atoms. The van der Waals surface area contributed by atoms with Crippen LogP contribution < -0.4 is 9.47 Å². The standard InChI is InChI=1S/C23H27FN2O3/c24-20-3-1-2-4-22(20)29-16-14-25-10-12-26(13-11-25)23(27)8-6-18-5-7-21-19(17-18)9-15-28-21/h1-5,7,17H,6,8-16H2. The molecule has 2 aromatic rings. The molecule has 6 heteroatoms. The summed E-state index contributed by atoms with van der Waals surface area (Å²) < 4.78 is 24.6. The zero-order valence-corrected chi connectivity index (χ0v) is 16.6. The second-order valence-corrected chi connectivity index (χ2v) is 7.54. The molecular weight excluding hydrogens is 371 g/mol. The van der Waals surface area contributed by atoms with E-state index in [4.69, 9.17) is 9.47 Å². The molecule has 154 valence electrons. The lowest BCUT2D eigenvalue weighted by molar-refractivity contribution is -0.132. The van der Waals surface area contributed by atoms with Gasteiger partial charge in [0.25, 0.3) is 0 Å². The van der Waals surface area contributed by atoms with Gasteiger partial charge in [0.15, 0.2) is 11.6 Å². The zero-order chi connectivity index (χ0) is 20.1. The minimum Gasteiger partial charge on any atom is -0.493 e. The van der Waals surface area contributed by atoms with Gasteiger partial charge in [-0.2, -0.15) is 0 Å². The van der Waals surface area contributed by atoms with Gasteiger partial charge >= 0.3 is 0 Å². The molecule has 0 N–H and O–H groups in total. The quantitative estimate of drug-likeness (QED) is 0.719. The van der Waals surface area contributed by atoms with Crippen molar-refractivity contribution in [3.05, 3.63) is 59.4 Å². The number of piperazine rings is 1. The Morgan fingerprint density at radius 1 is 1.10 bits per heavy atom. The summed E-state index contributed by atoms with van der Waals surface area (Å²) in [5.41, 5.74) is 2.45. The maximum atomic E-state index is 13.6. The normalized spacial score (nSPS) is 16.4. The van der Waals surface area contributed by atoms with E-state index in [2.05, 4.69) is 17.0 Å². The minimum absolute atomic E-state index is 0.212. The lowest BCUT2D eigenvalue weighted by Gasteiger charge is -2.34. The molecule has 2 heterocycles. The van der Waals surface area contributed by atoms with E-state index in [1.54, 1.807) is 18.2 Å². The number of nitrogens with zero attached hydrogens (tertiary/aromatic N) is 2. The monoisotopic (exact) mass is 398 g/mol. The molecular formula is C23H27FN2O3. The molecule has 2 aliphatic heterocycles. The average molecular weight is 398 g/mol. The first-order valence-electron chi connectivity index (χ1n) is 10.3. The number of carbonyl (C=O) groups excluding carboxylic acids is 1. The molecule has 1 fully saturated rings. The van der Waals surface area contributed by atoms with Crippen molar-refractivity contribution >= 4 is 5.91 Å². The molecule has 2 aromatic carbocycles. The Kier molecular flexibility index (Phi) is 6.30. The van der Waals surface area contributed by atoms with Crippen LogP contribution in [0.1, 0.15) is 17.5 Å². The Balaban J connectivity index is 1.16. The lowest BCUT2D eigenvalue weighted by Crippen LogP contribution is -2.49. The van der Waals surface area contributed by atoms with Gasteiger partial charge in [0.1, 0.15) is 12.4 Å². The van der Waals surface area contributed by atoms with Crippen LogP contribution in [0.15, 0.2) is 42.5 Å². The van der Waals surface area contributed by atoms with E-state index in [1.165, 1.54) is 17.2 Å². The molecule has 0 aromatic heterocycles. The predicted molar refractivity (Wildman–Crippen MR) is 109 cm³/mol. The number of amides is 1. The van der Waals surface area contributed by atoms with Crippen molar-refractivity contribution < 1.29 is 18.7 Å². The van der Waals surface area contributed by atoms with Crippen LogP contribution in [-0.2, 0) is 17.6 Å². The zero-order valence-electron chi connectivity index (χ0n) is 16.6. The fraction of sp³-hybridized carbons (Fsp3) is 0.435. The van der Waals surface area contributed by atoms with Gasteiger partial charge in [-0.3, -0.25) is 9.69 Å². The van der Waals surface area contributed by atoms with Crippen LogP contribution in [0.5, 0.6) is 11.5 Å². The van der Waals surface area contributed by atoms with Gasteiger partial charge in [0.2, 0.25) is 5.91 Å². The summed E-state index contributed by atoms with van der Waals surface area (Å²) in [6, 6.07) is 12.7. The summed E-state index contributed by atoms with van der Waals surface area (Å²) in [5.74, 6) is 1.15. The van der Waals surface area contributed by atoms with Crippen LogP contribution in [-0.4, -0.2) is 61.6 Å². The number of hydrogen-bond acceptors (Lipinski definition) is 4. The lowest BCUT2D eigenvalue weighted by atomic mass is 10.0. The molecule has 29 heavy (non-hydrogen) atoms. The van der Waals surface area contributed by atoms with Crippen LogP contribution in [0.2, 0.25) is 0 Å². The number of benzene rings is 2. The second-order valence-electron chi connectivity index (χ2n) is 7.54. The third kappa shape index (κ3) is 5.07. The summed E-state index contributed by atoms with van der Waals surface area (Å²) in [5, 5.41) is 0. The Bertz CT molecular complexity index is 850. The van der Waals surface area contributed by atoms with Crippen LogP contribution in [0.25, 0.3) is 0 Å². The molecule has 0 saturated carbocycles. The van der Waals surface area contributed by atoms with Crippen molar-refractivity contribution in [2.45, 2.75) is 19.3 Å². The van der Waals surface area contributed by atoms with Crippen molar-refractivity contribution in [3.8, 4) is 11.5 Å². The van der Waals surface area contributed by atoms with E-state index < -0.39 is 0 Å². The van der Waals surface area contributed by atoms with E-state index in [0.29, 0.717) is 18.8 Å². The van der Waals surface area contributed by atoms with Crippen LogP contribution >= 0.6 is 0 Å². The topological polar surface area (TPSA) is 42.0 Å². The number of hydrogen-bond donors (Lipinski definition) is 0. The highest BCUT2D eigenvalue weighted by Crippen LogP contribution is 2.26. The molecule has 2 aliphatic rings. The summed E-state index contributed by atoms with van der Waals surface area (Å²) in [6.07, 6.45) is 2.26. The van der Waals surface area contributed by atoms with Gasteiger partial charge in [-0.1, -0.05) is 24.3 Å². The summed E-state index contributed by atoms with van der Waals surface area (Å²) in [6.45, 7) is 5.04. The number of carbonyl (C=O) groups is 1. The first kappa shape index (κ1) is 19.7. The SMILES string of the molecule is O=C(CCc1ccc2c(c1)CCO2)N1CCN(CCOc2ccccc2F)CC1. The number of ether oxygens (including phenoxy) is 2. The van der Waals surface area contributed by atoms with Crippen LogP contribution in [0.3, 0.4) is 0 Å². The van der Waals surface area contributed by atoms with Gasteiger partial charge in [-0.05, 0) is 35.7 Å². The molecule has 0 spiro atoms. The Hall–Kier alpha value is -2.60. The predicted octanol–water partition coefficient (Wildman–Crippen LogP) is 2.92. The van der Waals surface area contributed by atoms with E-state index >= 15 is 0 Å². The maximum absolute atomic E-state index is 13.6.